The molecule has 1 atom stereocenters. The molecule has 4 rings (SSSR count). The maximum atomic E-state index is 12.6. The Labute approximate surface area is 181 Å². The summed E-state index contributed by atoms with van der Waals surface area (Å²) in [6.07, 6.45) is 3.97. The summed E-state index contributed by atoms with van der Waals surface area (Å²) in [5.74, 6) is -0.524. The van der Waals surface area contributed by atoms with Crippen molar-refractivity contribution in [2.75, 3.05) is 7.11 Å². The molecule has 3 aromatic rings. The molecule has 0 spiro atoms. The molecule has 160 valence electrons. The zero-order valence-electron chi connectivity index (χ0n) is 18.4. The average Bonchev–Trinajstić information content (AvgIpc) is 2.71. The Morgan fingerprint density at radius 3 is 2.55 bits per heavy atom. The number of ether oxygens (including phenoxy) is 1. The predicted octanol–water partition coefficient (Wildman–Crippen LogP) is 4.74. The lowest BCUT2D eigenvalue weighted by molar-refractivity contribution is 0.0693. The number of nitrogens with zero attached hydrogens (tertiary/aromatic N) is 2. The minimum atomic E-state index is -1.21. The molecular formula is C25H26N2O4. The second-order valence-electron chi connectivity index (χ2n) is 9.08. The van der Waals surface area contributed by atoms with Gasteiger partial charge in [0, 0.05) is 46.9 Å². The van der Waals surface area contributed by atoms with E-state index in [9.17, 15) is 14.7 Å². The molecule has 0 fully saturated rings. The highest BCUT2D eigenvalue weighted by Crippen LogP contribution is 2.46. The minimum absolute atomic E-state index is 0.00931. The summed E-state index contributed by atoms with van der Waals surface area (Å²) in [4.78, 5) is 28.6. The Morgan fingerprint density at radius 1 is 1.19 bits per heavy atom. The largest absolute Gasteiger partial charge is 0.496 e. The third-order valence-electron chi connectivity index (χ3n) is 6.06. The van der Waals surface area contributed by atoms with Crippen molar-refractivity contribution in [3.8, 4) is 28.1 Å². The van der Waals surface area contributed by atoms with Gasteiger partial charge in [-0.15, -0.1) is 0 Å². The molecule has 2 aromatic heterocycles. The van der Waals surface area contributed by atoms with E-state index in [0.717, 1.165) is 27.9 Å². The first-order valence-electron chi connectivity index (χ1n) is 10.2. The number of hydrogen-bond donors (Lipinski definition) is 1. The Morgan fingerprint density at radius 2 is 1.94 bits per heavy atom. The van der Waals surface area contributed by atoms with Gasteiger partial charge in [-0.3, -0.25) is 9.78 Å². The molecular weight excluding hydrogens is 392 g/mol. The Balaban J connectivity index is 2.02. The molecule has 0 saturated heterocycles. The van der Waals surface area contributed by atoms with Crippen LogP contribution in [0.25, 0.3) is 22.4 Å². The van der Waals surface area contributed by atoms with Gasteiger partial charge in [0.05, 0.1) is 12.8 Å². The summed E-state index contributed by atoms with van der Waals surface area (Å²) in [7, 11) is 1.62. The number of pyridine rings is 2. The summed E-state index contributed by atoms with van der Waals surface area (Å²) in [5, 5.41) is 9.48. The van der Waals surface area contributed by atoms with Crippen molar-refractivity contribution in [3.05, 3.63) is 69.8 Å². The zero-order chi connectivity index (χ0) is 22.5. The number of carboxylic acid groups (broad SMARTS) is 1. The van der Waals surface area contributed by atoms with E-state index in [2.05, 4.69) is 31.8 Å². The van der Waals surface area contributed by atoms with Crippen LogP contribution < -0.4 is 10.2 Å². The average molecular weight is 418 g/mol. The number of aromatic carboxylic acids is 1. The van der Waals surface area contributed by atoms with Gasteiger partial charge in [0.2, 0.25) is 0 Å². The lowest BCUT2D eigenvalue weighted by atomic mass is 9.78. The van der Waals surface area contributed by atoms with Gasteiger partial charge in [-0.25, -0.2) is 4.79 Å². The normalized spacial score (nSPS) is 15.2. The van der Waals surface area contributed by atoms with Crippen LogP contribution in [0, 0.1) is 12.3 Å². The smallest absolute Gasteiger partial charge is 0.341 e. The zero-order valence-corrected chi connectivity index (χ0v) is 18.4. The Kier molecular flexibility index (Phi) is 4.96. The van der Waals surface area contributed by atoms with E-state index in [1.54, 1.807) is 13.3 Å². The van der Waals surface area contributed by atoms with E-state index in [1.165, 1.54) is 12.3 Å². The van der Waals surface area contributed by atoms with Crippen LogP contribution in [-0.2, 0) is 6.42 Å². The monoisotopic (exact) mass is 418 g/mol. The maximum absolute atomic E-state index is 12.6. The molecule has 0 bridgehead atoms. The molecule has 3 heterocycles. The molecule has 1 aromatic carbocycles. The number of aromatic nitrogens is 2. The fourth-order valence-electron chi connectivity index (χ4n) is 4.39. The fourth-order valence-corrected chi connectivity index (χ4v) is 4.39. The van der Waals surface area contributed by atoms with E-state index in [4.69, 9.17) is 4.74 Å². The van der Waals surface area contributed by atoms with Crippen LogP contribution in [0.2, 0.25) is 0 Å². The summed E-state index contributed by atoms with van der Waals surface area (Å²) in [6, 6.07) is 9.42. The van der Waals surface area contributed by atoms with E-state index >= 15 is 0 Å². The standard InChI is InChI=1S/C25H26N2O4/c1-14-16(7-6-8-26-14)18-9-15-10-23(25(2,3)4)27-13-19(24(29)30)21(28)12-20(27)17(15)11-22(18)31-5/h6-9,11-13,23H,10H2,1-5H3,(H,29,30). The van der Waals surface area contributed by atoms with Crippen molar-refractivity contribution >= 4 is 5.97 Å². The number of rotatable bonds is 3. The number of hydrogen-bond acceptors (Lipinski definition) is 4. The Hall–Kier alpha value is -3.41. The van der Waals surface area contributed by atoms with Crippen LogP contribution >= 0.6 is 0 Å². The summed E-state index contributed by atoms with van der Waals surface area (Å²) >= 11 is 0. The van der Waals surface area contributed by atoms with Crippen molar-refractivity contribution in [1.29, 1.82) is 0 Å². The third kappa shape index (κ3) is 3.52. The minimum Gasteiger partial charge on any atom is -0.496 e. The number of carbonyl (C=O) groups is 1. The molecule has 1 aliphatic heterocycles. The van der Waals surface area contributed by atoms with E-state index < -0.39 is 11.4 Å². The lowest BCUT2D eigenvalue weighted by Crippen LogP contribution is -2.32. The van der Waals surface area contributed by atoms with Crippen molar-refractivity contribution < 1.29 is 14.6 Å². The van der Waals surface area contributed by atoms with Gasteiger partial charge in [0.15, 0.2) is 5.43 Å². The second-order valence-corrected chi connectivity index (χ2v) is 9.08. The lowest BCUT2D eigenvalue weighted by Gasteiger charge is -2.39. The number of carboxylic acids is 1. The van der Waals surface area contributed by atoms with E-state index in [0.29, 0.717) is 17.9 Å². The highest BCUT2D eigenvalue weighted by Gasteiger charge is 2.34. The van der Waals surface area contributed by atoms with Crippen LogP contribution in [0.1, 0.15) is 48.4 Å². The van der Waals surface area contributed by atoms with Gasteiger partial charge in [-0.1, -0.05) is 26.8 Å². The first-order chi connectivity index (χ1) is 14.6. The van der Waals surface area contributed by atoms with Gasteiger partial charge in [0.25, 0.3) is 0 Å². The van der Waals surface area contributed by atoms with Gasteiger partial charge < -0.3 is 14.4 Å². The van der Waals surface area contributed by atoms with E-state index in [-0.39, 0.29) is 17.0 Å². The van der Waals surface area contributed by atoms with Crippen molar-refractivity contribution in [1.82, 2.24) is 9.55 Å². The fraction of sp³-hybridized carbons (Fsp3) is 0.320. The highest BCUT2D eigenvalue weighted by molar-refractivity contribution is 5.88. The molecule has 31 heavy (non-hydrogen) atoms. The molecule has 1 aliphatic rings. The van der Waals surface area contributed by atoms with Gasteiger partial charge >= 0.3 is 5.97 Å². The SMILES string of the molecule is COc1cc2c(cc1-c1cccnc1C)CC(C(C)(C)C)n1cc(C(=O)O)c(=O)cc1-2. The molecule has 6 nitrogen and oxygen atoms in total. The van der Waals surface area contributed by atoms with E-state index in [1.807, 2.05) is 29.7 Å². The van der Waals surface area contributed by atoms with Crippen LogP contribution in [0.3, 0.4) is 0 Å². The number of benzene rings is 1. The van der Waals surface area contributed by atoms with Crippen molar-refractivity contribution in [2.24, 2.45) is 5.41 Å². The van der Waals surface area contributed by atoms with Crippen LogP contribution in [-0.4, -0.2) is 27.7 Å². The molecule has 0 aliphatic carbocycles. The number of methoxy groups -OCH3 is 1. The van der Waals surface area contributed by atoms with Gasteiger partial charge in [-0.2, -0.15) is 0 Å². The predicted molar refractivity (Wildman–Crippen MR) is 120 cm³/mol. The third-order valence-corrected chi connectivity index (χ3v) is 6.06. The van der Waals surface area contributed by atoms with Gasteiger partial charge in [0.1, 0.15) is 11.3 Å². The van der Waals surface area contributed by atoms with Crippen molar-refractivity contribution in [2.45, 2.75) is 40.2 Å². The van der Waals surface area contributed by atoms with Crippen LogP contribution in [0.15, 0.2) is 47.5 Å². The van der Waals surface area contributed by atoms with Gasteiger partial charge in [-0.05, 0) is 42.5 Å². The molecule has 0 saturated carbocycles. The Bertz CT molecular complexity index is 1250. The van der Waals surface area contributed by atoms with Crippen molar-refractivity contribution in [3.63, 3.8) is 0 Å². The summed E-state index contributed by atoms with van der Waals surface area (Å²) in [6.45, 7) is 8.34. The molecule has 6 heteroatoms. The van der Waals surface area contributed by atoms with Crippen LogP contribution in [0.4, 0.5) is 0 Å². The topological polar surface area (TPSA) is 81.4 Å². The molecule has 1 unspecified atom stereocenters. The summed E-state index contributed by atoms with van der Waals surface area (Å²) in [5.41, 5.74) is 4.70. The van der Waals surface area contributed by atoms with Crippen LogP contribution in [0.5, 0.6) is 5.75 Å². The second kappa shape index (κ2) is 7.38. The molecule has 0 amide bonds. The first kappa shape index (κ1) is 20.8. The highest BCUT2D eigenvalue weighted by atomic mass is 16.5. The maximum Gasteiger partial charge on any atom is 0.341 e. The first-order valence-corrected chi connectivity index (χ1v) is 10.2. The summed E-state index contributed by atoms with van der Waals surface area (Å²) < 4.78 is 7.66. The number of fused-ring (bicyclic) bond motifs is 3. The number of aryl methyl sites for hydroxylation is 1. The molecule has 1 N–H and O–H groups in total. The molecule has 0 radical (unpaired) electrons. The quantitative estimate of drug-likeness (QED) is 0.665.